The van der Waals surface area contributed by atoms with Gasteiger partial charge in [0.25, 0.3) is 0 Å². The molecule has 2 aromatic rings. The van der Waals surface area contributed by atoms with Gasteiger partial charge in [-0.05, 0) is 62.4 Å². The highest BCUT2D eigenvalue weighted by molar-refractivity contribution is 5.65. The van der Waals surface area contributed by atoms with E-state index in [9.17, 15) is 0 Å². The van der Waals surface area contributed by atoms with Crippen molar-refractivity contribution in [2.45, 2.75) is 39.0 Å². The molecule has 2 N–H and O–H groups in total. The Balaban J connectivity index is 2.07. The standard InChI is InChI=1S/C17H21N3/c1-11-8-13(3)14(9-12(11)2)15-4-7-19-16(20-15)17(10-18)5-6-17/h4,7-9H,5-6,10,18H2,1-3H3. The average Bonchev–Trinajstić information content (AvgIpc) is 3.24. The molecule has 20 heavy (non-hydrogen) atoms. The summed E-state index contributed by atoms with van der Waals surface area (Å²) in [7, 11) is 0. The Hall–Kier alpha value is -1.74. The summed E-state index contributed by atoms with van der Waals surface area (Å²) in [5.41, 5.74) is 12.0. The first kappa shape index (κ1) is 13.3. The quantitative estimate of drug-likeness (QED) is 0.930. The van der Waals surface area contributed by atoms with Gasteiger partial charge in [0, 0.05) is 23.7 Å². The summed E-state index contributed by atoms with van der Waals surface area (Å²) >= 11 is 0. The van der Waals surface area contributed by atoms with Gasteiger partial charge in [-0.25, -0.2) is 9.97 Å². The molecule has 0 spiro atoms. The Morgan fingerprint density at radius 2 is 1.80 bits per heavy atom. The second kappa shape index (κ2) is 4.67. The lowest BCUT2D eigenvalue weighted by molar-refractivity contribution is 0.649. The minimum atomic E-state index is 0.0453. The van der Waals surface area contributed by atoms with Crippen molar-refractivity contribution in [2.24, 2.45) is 5.73 Å². The molecule has 1 aliphatic carbocycles. The molecule has 1 fully saturated rings. The molecule has 0 bridgehead atoms. The Bertz CT molecular complexity index is 657. The molecular weight excluding hydrogens is 246 g/mol. The zero-order valence-electron chi connectivity index (χ0n) is 12.4. The van der Waals surface area contributed by atoms with Gasteiger partial charge in [0.15, 0.2) is 0 Å². The first-order chi connectivity index (χ1) is 9.55. The van der Waals surface area contributed by atoms with E-state index in [0.29, 0.717) is 6.54 Å². The Kier molecular flexibility index (Phi) is 3.09. The third kappa shape index (κ3) is 2.12. The number of aromatic nitrogens is 2. The highest BCUT2D eigenvalue weighted by Gasteiger charge is 2.45. The van der Waals surface area contributed by atoms with Gasteiger partial charge in [0.05, 0.1) is 5.69 Å². The molecule has 3 heteroatoms. The zero-order valence-corrected chi connectivity index (χ0v) is 12.4. The Morgan fingerprint density at radius 3 is 2.45 bits per heavy atom. The van der Waals surface area contributed by atoms with Gasteiger partial charge in [-0.15, -0.1) is 0 Å². The van der Waals surface area contributed by atoms with Crippen molar-refractivity contribution in [3.05, 3.63) is 46.9 Å². The maximum Gasteiger partial charge on any atom is 0.136 e. The fourth-order valence-electron chi connectivity index (χ4n) is 2.67. The van der Waals surface area contributed by atoms with Gasteiger partial charge in [0.1, 0.15) is 5.82 Å². The minimum absolute atomic E-state index is 0.0453. The molecular formula is C17H21N3. The molecule has 0 radical (unpaired) electrons. The van der Waals surface area contributed by atoms with Crippen molar-refractivity contribution in [3.8, 4) is 11.3 Å². The van der Waals surface area contributed by atoms with Crippen LogP contribution in [-0.4, -0.2) is 16.5 Å². The average molecular weight is 267 g/mol. The van der Waals surface area contributed by atoms with Crippen molar-refractivity contribution >= 4 is 0 Å². The van der Waals surface area contributed by atoms with Gasteiger partial charge in [-0.2, -0.15) is 0 Å². The van der Waals surface area contributed by atoms with Crippen LogP contribution in [0.1, 0.15) is 35.4 Å². The van der Waals surface area contributed by atoms with Crippen molar-refractivity contribution in [3.63, 3.8) is 0 Å². The van der Waals surface area contributed by atoms with E-state index >= 15 is 0 Å². The number of hydrogen-bond donors (Lipinski definition) is 1. The van der Waals surface area contributed by atoms with Gasteiger partial charge < -0.3 is 5.73 Å². The second-order valence-corrected chi connectivity index (χ2v) is 6.00. The molecule has 0 unspecified atom stereocenters. The molecule has 1 saturated carbocycles. The van der Waals surface area contributed by atoms with E-state index in [1.165, 1.54) is 22.3 Å². The molecule has 0 saturated heterocycles. The van der Waals surface area contributed by atoms with Gasteiger partial charge in [-0.1, -0.05) is 6.07 Å². The highest BCUT2D eigenvalue weighted by atomic mass is 14.9. The molecule has 0 amide bonds. The van der Waals surface area contributed by atoms with Gasteiger partial charge in [-0.3, -0.25) is 0 Å². The second-order valence-electron chi connectivity index (χ2n) is 6.00. The van der Waals surface area contributed by atoms with Crippen LogP contribution in [0.4, 0.5) is 0 Å². The van der Waals surface area contributed by atoms with Crippen molar-refractivity contribution in [1.82, 2.24) is 9.97 Å². The zero-order chi connectivity index (χ0) is 14.3. The Morgan fingerprint density at radius 1 is 1.10 bits per heavy atom. The van der Waals surface area contributed by atoms with Crippen LogP contribution in [0.25, 0.3) is 11.3 Å². The first-order valence-electron chi connectivity index (χ1n) is 7.17. The summed E-state index contributed by atoms with van der Waals surface area (Å²) in [5.74, 6) is 0.912. The third-order valence-corrected chi connectivity index (χ3v) is 4.49. The lowest BCUT2D eigenvalue weighted by atomic mass is 9.98. The van der Waals surface area contributed by atoms with Gasteiger partial charge in [0.2, 0.25) is 0 Å². The van der Waals surface area contributed by atoms with Crippen molar-refractivity contribution in [1.29, 1.82) is 0 Å². The minimum Gasteiger partial charge on any atom is -0.329 e. The summed E-state index contributed by atoms with van der Waals surface area (Å²) in [4.78, 5) is 9.24. The molecule has 3 rings (SSSR count). The molecule has 1 heterocycles. The SMILES string of the molecule is Cc1cc(C)c(-c2ccnc(C3(CN)CC3)n2)cc1C. The van der Waals surface area contributed by atoms with Gasteiger partial charge >= 0.3 is 0 Å². The lowest BCUT2D eigenvalue weighted by Gasteiger charge is -2.13. The number of nitrogens with two attached hydrogens (primary N) is 1. The summed E-state index contributed by atoms with van der Waals surface area (Å²) in [6, 6.07) is 6.44. The van der Waals surface area contributed by atoms with Crippen molar-refractivity contribution in [2.75, 3.05) is 6.54 Å². The van der Waals surface area contributed by atoms with E-state index < -0.39 is 0 Å². The van der Waals surface area contributed by atoms with Crippen LogP contribution >= 0.6 is 0 Å². The largest absolute Gasteiger partial charge is 0.329 e. The molecule has 1 aliphatic rings. The molecule has 3 nitrogen and oxygen atoms in total. The molecule has 1 aromatic carbocycles. The van der Waals surface area contributed by atoms with E-state index in [4.69, 9.17) is 10.7 Å². The fraction of sp³-hybridized carbons (Fsp3) is 0.412. The molecule has 0 aliphatic heterocycles. The van der Waals surface area contributed by atoms with E-state index in [-0.39, 0.29) is 5.41 Å². The lowest BCUT2D eigenvalue weighted by Crippen LogP contribution is -2.22. The number of benzene rings is 1. The van der Waals surface area contributed by atoms with Crippen LogP contribution in [0.2, 0.25) is 0 Å². The van der Waals surface area contributed by atoms with E-state index in [0.717, 1.165) is 24.4 Å². The fourth-order valence-corrected chi connectivity index (χ4v) is 2.67. The van der Waals surface area contributed by atoms with Crippen LogP contribution in [-0.2, 0) is 5.41 Å². The van der Waals surface area contributed by atoms with Crippen LogP contribution in [0, 0.1) is 20.8 Å². The summed E-state index contributed by atoms with van der Waals surface area (Å²) in [5, 5.41) is 0. The first-order valence-corrected chi connectivity index (χ1v) is 7.17. The van der Waals surface area contributed by atoms with Crippen LogP contribution in [0.3, 0.4) is 0 Å². The normalized spacial score (nSPS) is 16.2. The summed E-state index contributed by atoms with van der Waals surface area (Å²) in [6.45, 7) is 7.06. The van der Waals surface area contributed by atoms with E-state index in [2.05, 4.69) is 37.9 Å². The number of hydrogen-bond acceptors (Lipinski definition) is 3. The van der Waals surface area contributed by atoms with Crippen LogP contribution < -0.4 is 5.73 Å². The smallest absolute Gasteiger partial charge is 0.136 e. The molecule has 104 valence electrons. The maximum absolute atomic E-state index is 5.88. The van der Waals surface area contributed by atoms with E-state index in [1.807, 2.05) is 12.3 Å². The molecule has 1 aromatic heterocycles. The predicted octanol–water partition coefficient (Wildman–Crippen LogP) is 3.06. The van der Waals surface area contributed by atoms with E-state index in [1.54, 1.807) is 0 Å². The highest BCUT2D eigenvalue weighted by Crippen LogP contribution is 2.45. The number of aryl methyl sites for hydroxylation is 3. The molecule has 0 atom stereocenters. The summed E-state index contributed by atoms with van der Waals surface area (Å²) < 4.78 is 0. The van der Waals surface area contributed by atoms with Crippen molar-refractivity contribution < 1.29 is 0 Å². The maximum atomic E-state index is 5.88. The van der Waals surface area contributed by atoms with Crippen LogP contribution in [0.5, 0.6) is 0 Å². The summed E-state index contributed by atoms with van der Waals surface area (Å²) in [6.07, 6.45) is 4.08. The van der Waals surface area contributed by atoms with Crippen LogP contribution in [0.15, 0.2) is 24.4 Å². The predicted molar refractivity (Wildman–Crippen MR) is 81.6 cm³/mol. The number of nitrogens with zero attached hydrogens (tertiary/aromatic N) is 2. The number of rotatable bonds is 3. The Labute approximate surface area is 120 Å². The monoisotopic (exact) mass is 267 g/mol. The third-order valence-electron chi connectivity index (χ3n) is 4.49. The topological polar surface area (TPSA) is 51.8 Å².